The van der Waals surface area contributed by atoms with Gasteiger partial charge in [0.1, 0.15) is 0 Å². The molecule has 3 nitrogen and oxygen atoms in total. The van der Waals surface area contributed by atoms with Gasteiger partial charge in [-0.05, 0) is 54.7 Å². The predicted molar refractivity (Wildman–Crippen MR) is 89.5 cm³/mol. The summed E-state index contributed by atoms with van der Waals surface area (Å²) in [6, 6.07) is 15.0. The molecular weight excluding hydrogens is 326 g/mol. The van der Waals surface area contributed by atoms with Gasteiger partial charge in [-0.1, -0.05) is 34.1 Å². The zero-order valence-corrected chi connectivity index (χ0v) is 13.2. The monoisotopic (exact) mass is 341 g/mol. The first-order valence-electron chi connectivity index (χ1n) is 7.29. The van der Waals surface area contributed by atoms with Crippen molar-refractivity contribution in [3.05, 3.63) is 58.1 Å². The molecule has 1 aliphatic rings. The average Bonchev–Trinajstić information content (AvgIpc) is 2.90. The van der Waals surface area contributed by atoms with E-state index in [1.807, 2.05) is 18.2 Å². The maximum atomic E-state index is 4.62. The molecule has 2 aromatic carbocycles. The molecule has 1 heterocycles. The number of aromatic nitrogens is 2. The van der Waals surface area contributed by atoms with Gasteiger partial charge in [-0.25, -0.2) is 4.98 Å². The molecule has 4 heteroatoms. The topological polar surface area (TPSA) is 40.7 Å². The maximum absolute atomic E-state index is 4.62. The Morgan fingerprint density at radius 3 is 3.00 bits per heavy atom. The lowest BCUT2D eigenvalue weighted by atomic mass is 9.88. The van der Waals surface area contributed by atoms with Gasteiger partial charge in [0, 0.05) is 4.47 Å². The smallest absolute Gasteiger partial charge is 0.201 e. The van der Waals surface area contributed by atoms with Gasteiger partial charge in [0.05, 0.1) is 17.1 Å². The molecule has 0 unspecified atom stereocenters. The van der Waals surface area contributed by atoms with E-state index in [1.165, 1.54) is 24.0 Å². The molecule has 106 valence electrons. The summed E-state index contributed by atoms with van der Waals surface area (Å²) in [5.41, 5.74) is 4.91. The van der Waals surface area contributed by atoms with Crippen molar-refractivity contribution < 1.29 is 0 Å². The first-order chi connectivity index (χ1) is 10.3. The van der Waals surface area contributed by atoms with Crippen LogP contribution in [-0.2, 0) is 6.42 Å². The zero-order valence-electron chi connectivity index (χ0n) is 11.6. The molecule has 2 N–H and O–H groups in total. The molecular formula is C17H16BrN3. The van der Waals surface area contributed by atoms with Crippen LogP contribution in [0.4, 0.5) is 5.95 Å². The number of nitrogens with one attached hydrogen (secondary N) is 2. The first-order valence-corrected chi connectivity index (χ1v) is 8.08. The van der Waals surface area contributed by atoms with Crippen LogP contribution in [0.25, 0.3) is 11.0 Å². The van der Waals surface area contributed by atoms with Crippen LogP contribution in [0.5, 0.6) is 0 Å². The van der Waals surface area contributed by atoms with Crippen molar-refractivity contribution in [2.75, 3.05) is 5.32 Å². The lowest BCUT2D eigenvalue weighted by Gasteiger charge is -2.26. The van der Waals surface area contributed by atoms with E-state index in [9.17, 15) is 0 Å². The fraction of sp³-hybridized carbons (Fsp3) is 0.235. The van der Waals surface area contributed by atoms with Gasteiger partial charge in [0.2, 0.25) is 5.95 Å². The lowest BCUT2D eigenvalue weighted by molar-refractivity contribution is 0.597. The third kappa shape index (κ3) is 2.44. The van der Waals surface area contributed by atoms with Gasteiger partial charge in [-0.2, -0.15) is 0 Å². The summed E-state index contributed by atoms with van der Waals surface area (Å²) in [4.78, 5) is 7.98. The number of hydrogen-bond donors (Lipinski definition) is 2. The minimum absolute atomic E-state index is 0.326. The SMILES string of the molecule is Brc1ccc2c(c1)[C@H](Nc1nc3ccccc3[nH]1)CCC2. The highest BCUT2D eigenvalue weighted by atomic mass is 79.9. The number of nitrogens with zero attached hydrogens (tertiary/aromatic N) is 1. The van der Waals surface area contributed by atoms with Crippen molar-refractivity contribution in [3.63, 3.8) is 0 Å². The van der Waals surface area contributed by atoms with Gasteiger partial charge < -0.3 is 10.3 Å². The number of hydrogen-bond acceptors (Lipinski definition) is 2. The van der Waals surface area contributed by atoms with Crippen LogP contribution in [0.15, 0.2) is 46.9 Å². The number of H-pyrrole nitrogens is 1. The van der Waals surface area contributed by atoms with Crippen LogP contribution in [-0.4, -0.2) is 9.97 Å². The van der Waals surface area contributed by atoms with E-state index in [-0.39, 0.29) is 0 Å². The molecule has 0 aliphatic heterocycles. The summed E-state index contributed by atoms with van der Waals surface area (Å²) < 4.78 is 1.14. The summed E-state index contributed by atoms with van der Waals surface area (Å²) in [5, 5.41) is 3.57. The second kappa shape index (κ2) is 5.19. The van der Waals surface area contributed by atoms with Crippen LogP contribution in [0.3, 0.4) is 0 Å². The number of anilines is 1. The molecule has 0 fully saturated rings. The Morgan fingerprint density at radius 2 is 2.10 bits per heavy atom. The van der Waals surface area contributed by atoms with Gasteiger partial charge in [-0.3, -0.25) is 0 Å². The largest absolute Gasteiger partial charge is 0.349 e. The molecule has 1 atom stereocenters. The van der Waals surface area contributed by atoms with Crippen molar-refractivity contribution in [2.45, 2.75) is 25.3 Å². The third-order valence-electron chi connectivity index (χ3n) is 4.12. The Morgan fingerprint density at radius 1 is 1.19 bits per heavy atom. The summed E-state index contributed by atoms with van der Waals surface area (Å²) in [5.74, 6) is 0.856. The Balaban J connectivity index is 1.67. The summed E-state index contributed by atoms with van der Waals surface area (Å²) in [6.07, 6.45) is 3.52. The van der Waals surface area contributed by atoms with Crippen LogP contribution < -0.4 is 5.32 Å². The van der Waals surface area contributed by atoms with Gasteiger partial charge in [-0.15, -0.1) is 0 Å². The highest BCUT2D eigenvalue weighted by molar-refractivity contribution is 9.10. The standard InChI is InChI=1S/C17H16BrN3/c18-12-9-8-11-4-3-7-14(13(11)10-12)19-17-20-15-5-1-2-6-16(15)21-17/h1-2,5-6,8-10,14H,3-4,7H2,(H2,19,20,21)/t14-/m1/s1. The Bertz CT molecular complexity index is 761. The van der Waals surface area contributed by atoms with Crippen LogP contribution >= 0.6 is 15.9 Å². The van der Waals surface area contributed by atoms with Crippen molar-refractivity contribution in [1.82, 2.24) is 9.97 Å². The Labute approximate surface area is 131 Å². The molecule has 3 aromatic rings. The second-order valence-electron chi connectivity index (χ2n) is 5.53. The average molecular weight is 342 g/mol. The molecule has 0 saturated heterocycles. The molecule has 0 amide bonds. The molecule has 0 radical (unpaired) electrons. The third-order valence-corrected chi connectivity index (χ3v) is 4.62. The number of benzene rings is 2. The van der Waals surface area contributed by atoms with Crippen LogP contribution in [0, 0.1) is 0 Å². The van der Waals surface area contributed by atoms with E-state index < -0.39 is 0 Å². The van der Waals surface area contributed by atoms with Crippen molar-refractivity contribution >= 4 is 32.9 Å². The summed E-state index contributed by atoms with van der Waals surface area (Å²) in [7, 11) is 0. The molecule has 0 saturated carbocycles. The molecule has 4 rings (SSSR count). The van der Waals surface area contributed by atoms with E-state index in [4.69, 9.17) is 0 Å². The quantitative estimate of drug-likeness (QED) is 0.701. The number of imidazole rings is 1. The first kappa shape index (κ1) is 12.9. The number of para-hydroxylation sites is 2. The molecule has 1 aliphatic carbocycles. The summed E-state index contributed by atoms with van der Waals surface area (Å²) in [6.45, 7) is 0. The van der Waals surface area contributed by atoms with E-state index >= 15 is 0 Å². The van der Waals surface area contributed by atoms with Crippen LogP contribution in [0.1, 0.15) is 30.0 Å². The van der Waals surface area contributed by atoms with E-state index in [0.29, 0.717) is 6.04 Å². The van der Waals surface area contributed by atoms with Gasteiger partial charge >= 0.3 is 0 Å². The lowest BCUT2D eigenvalue weighted by Crippen LogP contribution is -2.18. The zero-order chi connectivity index (χ0) is 14.2. The van der Waals surface area contributed by atoms with Crippen molar-refractivity contribution in [1.29, 1.82) is 0 Å². The van der Waals surface area contributed by atoms with Crippen LogP contribution in [0.2, 0.25) is 0 Å². The van der Waals surface area contributed by atoms with E-state index in [2.05, 4.69) is 55.5 Å². The van der Waals surface area contributed by atoms with Crippen molar-refractivity contribution in [2.24, 2.45) is 0 Å². The van der Waals surface area contributed by atoms with E-state index in [0.717, 1.165) is 27.9 Å². The minimum atomic E-state index is 0.326. The van der Waals surface area contributed by atoms with Gasteiger partial charge in [0.25, 0.3) is 0 Å². The number of rotatable bonds is 2. The molecule has 1 aromatic heterocycles. The fourth-order valence-electron chi connectivity index (χ4n) is 3.11. The summed E-state index contributed by atoms with van der Waals surface area (Å²) >= 11 is 3.58. The normalized spacial score (nSPS) is 17.7. The number of aromatic amines is 1. The predicted octanol–water partition coefficient (Wildman–Crippen LogP) is 4.81. The Kier molecular flexibility index (Phi) is 3.19. The highest BCUT2D eigenvalue weighted by Crippen LogP contribution is 2.34. The number of fused-ring (bicyclic) bond motifs is 2. The van der Waals surface area contributed by atoms with Gasteiger partial charge in [0.15, 0.2) is 0 Å². The van der Waals surface area contributed by atoms with Crippen molar-refractivity contribution in [3.8, 4) is 0 Å². The number of halogens is 1. The molecule has 21 heavy (non-hydrogen) atoms. The molecule has 0 bridgehead atoms. The van der Waals surface area contributed by atoms with E-state index in [1.54, 1.807) is 0 Å². The Hall–Kier alpha value is -1.81. The molecule has 0 spiro atoms. The fourth-order valence-corrected chi connectivity index (χ4v) is 3.48. The number of aryl methyl sites for hydroxylation is 1. The second-order valence-corrected chi connectivity index (χ2v) is 6.45. The minimum Gasteiger partial charge on any atom is -0.349 e. The highest BCUT2D eigenvalue weighted by Gasteiger charge is 2.21. The maximum Gasteiger partial charge on any atom is 0.201 e.